The molecule has 3 rings (SSSR count). The van der Waals surface area contributed by atoms with E-state index >= 15 is 0 Å². The number of rotatable bonds is 4. The fourth-order valence-electron chi connectivity index (χ4n) is 2.09. The number of ketones is 1. The smallest absolute Gasteiger partial charge is 0.296 e. The Labute approximate surface area is 115 Å². The van der Waals surface area contributed by atoms with Crippen molar-refractivity contribution in [3.8, 4) is 0 Å². The van der Waals surface area contributed by atoms with Crippen LogP contribution in [-0.4, -0.2) is 14.9 Å². The zero-order valence-electron chi connectivity index (χ0n) is 10.3. The van der Waals surface area contributed by atoms with E-state index in [0.29, 0.717) is 16.6 Å². The minimum Gasteiger partial charge on any atom is -0.296 e. The molecular formula is C14H13ClN2O2. The minimum absolute atomic E-state index is 0.0545. The average molecular weight is 277 g/mol. The van der Waals surface area contributed by atoms with Gasteiger partial charge in [0, 0.05) is 29.0 Å². The van der Waals surface area contributed by atoms with Gasteiger partial charge in [-0.2, -0.15) is 0 Å². The number of carbonyl (C=O) groups excluding carboxylic acids is 1. The normalized spacial score (nSPS) is 14.6. The maximum Gasteiger partial charge on any atom is 0.328 e. The third-order valence-electron chi connectivity index (χ3n) is 3.27. The van der Waals surface area contributed by atoms with Crippen molar-refractivity contribution in [1.29, 1.82) is 0 Å². The van der Waals surface area contributed by atoms with Crippen molar-refractivity contribution < 1.29 is 4.79 Å². The molecule has 0 atom stereocenters. The van der Waals surface area contributed by atoms with Gasteiger partial charge in [-0.05, 0) is 25.0 Å². The zero-order valence-corrected chi connectivity index (χ0v) is 11.0. The lowest BCUT2D eigenvalue weighted by molar-refractivity contribution is 0.0970. The molecule has 19 heavy (non-hydrogen) atoms. The summed E-state index contributed by atoms with van der Waals surface area (Å²) in [7, 11) is 0. The Balaban J connectivity index is 1.81. The Morgan fingerprint density at radius 1 is 1.32 bits per heavy atom. The lowest BCUT2D eigenvalue weighted by atomic mass is 10.1. The fourth-order valence-corrected chi connectivity index (χ4v) is 2.28. The van der Waals surface area contributed by atoms with Gasteiger partial charge < -0.3 is 0 Å². The average Bonchev–Trinajstić information content (AvgIpc) is 3.16. The molecule has 5 heteroatoms. The Hall–Kier alpha value is -1.81. The molecular weight excluding hydrogens is 264 g/mol. The van der Waals surface area contributed by atoms with E-state index in [4.69, 9.17) is 11.6 Å². The highest BCUT2D eigenvalue weighted by Crippen LogP contribution is 2.33. The van der Waals surface area contributed by atoms with Crippen LogP contribution in [0.4, 0.5) is 0 Å². The molecule has 0 bridgehead atoms. The van der Waals surface area contributed by atoms with Gasteiger partial charge in [0.05, 0.1) is 6.54 Å². The predicted octanol–water partition coefficient (Wildman–Crippen LogP) is 2.52. The van der Waals surface area contributed by atoms with Crippen molar-refractivity contribution in [3.05, 3.63) is 57.7 Å². The van der Waals surface area contributed by atoms with E-state index in [1.165, 1.54) is 4.57 Å². The lowest BCUT2D eigenvalue weighted by Crippen LogP contribution is -2.26. The standard InChI is InChI=1S/C14H13ClN2O2/c15-11-3-1-2-10(8-11)13(18)9-16-6-7-17(14(16)19)12-4-5-12/h1-3,6-8,12H,4-5,9H2. The second-order valence-electron chi connectivity index (χ2n) is 4.78. The molecule has 1 fully saturated rings. The third kappa shape index (κ3) is 2.49. The lowest BCUT2D eigenvalue weighted by Gasteiger charge is -2.02. The van der Waals surface area contributed by atoms with Crippen molar-refractivity contribution in [1.82, 2.24) is 9.13 Å². The summed E-state index contributed by atoms with van der Waals surface area (Å²) in [5, 5.41) is 0.522. The highest BCUT2D eigenvalue weighted by Gasteiger charge is 2.25. The maximum absolute atomic E-state index is 12.1. The molecule has 1 aliphatic rings. The van der Waals surface area contributed by atoms with Crippen molar-refractivity contribution in [3.63, 3.8) is 0 Å². The molecule has 4 nitrogen and oxygen atoms in total. The minimum atomic E-state index is -0.113. The van der Waals surface area contributed by atoms with Gasteiger partial charge >= 0.3 is 5.69 Å². The van der Waals surface area contributed by atoms with Gasteiger partial charge in [-0.25, -0.2) is 4.79 Å². The van der Waals surface area contributed by atoms with Gasteiger partial charge in [-0.3, -0.25) is 13.9 Å². The first-order valence-corrected chi connectivity index (χ1v) is 6.59. The quantitative estimate of drug-likeness (QED) is 0.806. The molecule has 0 saturated heterocycles. The topological polar surface area (TPSA) is 44.0 Å². The first-order valence-electron chi connectivity index (χ1n) is 6.21. The van der Waals surface area contributed by atoms with Gasteiger partial charge in [0.25, 0.3) is 0 Å². The highest BCUT2D eigenvalue weighted by atomic mass is 35.5. The molecule has 0 radical (unpaired) electrons. The Bertz CT molecular complexity index is 683. The predicted molar refractivity (Wildman–Crippen MR) is 72.7 cm³/mol. The first kappa shape index (κ1) is 12.2. The van der Waals surface area contributed by atoms with E-state index in [0.717, 1.165) is 12.8 Å². The van der Waals surface area contributed by atoms with Crippen LogP contribution in [0.5, 0.6) is 0 Å². The third-order valence-corrected chi connectivity index (χ3v) is 3.51. The SMILES string of the molecule is O=C(Cn1ccn(C2CC2)c1=O)c1cccc(Cl)c1. The summed E-state index contributed by atoms with van der Waals surface area (Å²) in [6.07, 6.45) is 5.52. The highest BCUT2D eigenvalue weighted by molar-refractivity contribution is 6.31. The van der Waals surface area contributed by atoms with E-state index in [1.54, 1.807) is 41.2 Å². The Kier molecular flexibility index (Phi) is 3.03. The summed E-state index contributed by atoms with van der Waals surface area (Å²) in [6.45, 7) is 0.0545. The van der Waals surface area contributed by atoms with Crippen LogP contribution in [0.1, 0.15) is 29.2 Å². The molecule has 1 heterocycles. The van der Waals surface area contributed by atoms with Crippen LogP contribution in [-0.2, 0) is 6.54 Å². The molecule has 1 saturated carbocycles. The number of benzene rings is 1. The molecule has 0 spiro atoms. The molecule has 0 N–H and O–H groups in total. The van der Waals surface area contributed by atoms with Gasteiger partial charge in [-0.15, -0.1) is 0 Å². The number of hydrogen-bond donors (Lipinski definition) is 0. The van der Waals surface area contributed by atoms with Crippen LogP contribution in [0.2, 0.25) is 5.02 Å². The zero-order chi connectivity index (χ0) is 13.4. The van der Waals surface area contributed by atoms with Crippen molar-refractivity contribution in [2.24, 2.45) is 0 Å². The molecule has 0 aliphatic heterocycles. The molecule has 1 aromatic carbocycles. The number of carbonyl (C=O) groups is 1. The van der Waals surface area contributed by atoms with Crippen molar-refractivity contribution in [2.75, 3.05) is 0 Å². The Morgan fingerprint density at radius 2 is 2.11 bits per heavy atom. The maximum atomic E-state index is 12.1. The fraction of sp³-hybridized carbons (Fsp3) is 0.286. The van der Waals surface area contributed by atoms with E-state index in [9.17, 15) is 9.59 Å². The Morgan fingerprint density at radius 3 is 2.79 bits per heavy atom. The molecule has 0 amide bonds. The molecule has 1 aliphatic carbocycles. The van der Waals surface area contributed by atoms with Gasteiger partial charge in [0.15, 0.2) is 5.78 Å². The van der Waals surface area contributed by atoms with Gasteiger partial charge in [-0.1, -0.05) is 23.7 Å². The van der Waals surface area contributed by atoms with E-state index in [1.807, 2.05) is 0 Å². The van der Waals surface area contributed by atoms with E-state index in [-0.39, 0.29) is 18.0 Å². The summed E-state index contributed by atoms with van der Waals surface area (Å²) in [5.41, 5.74) is 0.413. The largest absolute Gasteiger partial charge is 0.328 e. The second kappa shape index (κ2) is 4.70. The summed E-state index contributed by atoms with van der Waals surface area (Å²) in [5.74, 6) is -0.113. The second-order valence-corrected chi connectivity index (χ2v) is 5.22. The molecule has 1 aromatic heterocycles. The number of halogens is 1. The monoisotopic (exact) mass is 276 g/mol. The van der Waals surface area contributed by atoms with Crippen molar-refractivity contribution >= 4 is 17.4 Å². The van der Waals surface area contributed by atoms with Crippen LogP contribution in [0.3, 0.4) is 0 Å². The molecule has 98 valence electrons. The first-order chi connectivity index (χ1) is 9.15. The number of nitrogens with zero attached hydrogens (tertiary/aromatic N) is 2. The van der Waals surface area contributed by atoms with Crippen LogP contribution in [0.25, 0.3) is 0 Å². The number of hydrogen-bond acceptors (Lipinski definition) is 2. The summed E-state index contributed by atoms with van der Waals surface area (Å²) >= 11 is 5.85. The summed E-state index contributed by atoms with van der Waals surface area (Å²) in [4.78, 5) is 24.1. The van der Waals surface area contributed by atoms with Gasteiger partial charge in [0.2, 0.25) is 0 Å². The van der Waals surface area contributed by atoms with Crippen LogP contribution in [0, 0.1) is 0 Å². The number of aromatic nitrogens is 2. The summed E-state index contributed by atoms with van der Waals surface area (Å²) in [6, 6.07) is 7.10. The molecule has 0 unspecified atom stereocenters. The molecule has 2 aromatic rings. The van der Waals surface area contributed by atoms with Crippen molar-refractivity contribution in [2.45, 2.75) is 25.4 Å². The van der Waals surface area contributed by atoms with E-state index in [2.05, 4.69) is 0 Å². The number of imidazole rings is 1. The van der Waals surface area contributed by atoms with Crippen LogP contribution < -0.4 is 5.69 Å². The van der Waals surface area contributed by atoms with E-state index < -0.39 is 0 Å². The van der Waals surface area contributed by atoms with Crippen LogP contribution in [0.15, 0.2) is 41.5 Å². The van der Waals surface area contributed by atoms with Gasteiger partial charge in [0.1, 0.15) is 0 Å². The van der Waals surface area contributed by atoms with Crippen LogP contribution >= 0.6 is 11.6 Å². The summed E-state index contributed by atoms with van der Waals surface area (Å²) < 4.78 is 3.15. The number of Topliss-reactive ketones (excluding diaryl/α,β-unsaturated/α-hetero) is 1.